The Morgan fingerprint density at radius 1 is 1.50 bits per heavy atom. The van der Waals surface area contributed by atoms with Gasteiger partial charge in [0.2, 0.25) is 0 Å². The van der Waals surface area contributed by atoms with Gasteiger partial charge in [-0.2, -0.15) is 0 Å². The monoisotopic (exact) mass is 169 g/mol. The van der Waals surface area contributed by atoms with Crippen molar-refractivity contribution < 1.29 is 5.11 Å². The Balaban J connectivity index is 2.46. The fourth-order valence-electron chi connectivity index (χ4n) is 1.83. The van der Waals surface area contributed by atoms with Gasteiger partial charge >= 0.3 is 0 Å². The Morgan fingerprint density at radius 2 is 2.17 bits per heavy atom. The van der Waals surface area contributed by atoms with Crippen molar-refractivity contribution in [3.05, 3.63) is 12.2 Å². The second kappa shape index (κ2) is 4.63. The lowest BCUT2D eigenvalue weighted by molar-refractivity contribution is 0.109. The quantitative estimate of drug-likeness (QED) is 0.646. The van der Waals surface area contributed by atoms with E-state index < -0.39 is 0 Å². The van der Waals surface area contributed by atoms with E-state index in [1.165, 1.54) is 12.8 Å². The van der Waals surface area contributed by atoms with Crippen LogP contribution in [0.4, 0.5) is 0 Å². The van der Waals surface area contributed by atoms with Gasteiger partial charge in [0.25, 0.3) is 0 Å². The molecule has 12 heavy (non-hydrogen) atoms. The summed E-state index contributed by atoms with van der Waals surface area (Å²) in [7, 11) is 0. The molecule has 0 radical (unpaired) electrons. The Hall–Kier alpha value is -0.340. The summed E-state index contributed by atoms with van der Waals surface area (Å²) in [5.74, 6) is 0. The lowest BCUT2D eigenvalue weighted by Crippen LogP contribution is -2.41. The molecule has 1 N–H and O–H groups in total. The summed E-state index contributed by atoms with van der Waals surface area (Å²) in [6.07, 6.45) is 6.05. The van der Waals surface area contributed by atoms with Crippen LogP contribution in [-0.4, -0.2) is 35.2 Å². The first kappa shape index (κ1) is 9.75. The molecule has 0 aromatic carbocycles. The van der Waals surface area contributed by atoms with Crippen LogP contribution in [-0.2, 0) is 0 Å². The smallest absolute Gasteiger partial charge is 0.0848 e. The third kappa shape index (κ3) is 2.32. The van der Waals surface area contributed by atoms with Crippen molar-refractivity contribution in [1.82, 2.24) is 4.90 Å². The van der Waals surface area contributed by atoms with E-state index in [2.05, 4.69) is 24.8 Å². The van der Waals surface area contributed by atoms with Crippen LogP contribution in [0.15, 0.2) is 12.2 Å². The minimum Gasteiger partial charge on any atom is -0.388 e. The van der Waals surface area contributed by atoms with Crippen LogP contribution in [0.1, 0.15) is 26.7 Å². The maximum absolute atomic E-state index is 9.39. The zero-order chi connectivity index (χ0) is 8.97. The predicted octanol–water partition coefficient (Wildman–Crippen LogP) is 1.41. The molecule has 0 aromatic rings. The maximum Gasteiger partial charge on any atom is 0.0848 e. The molecule has 0 aliphatic carbocycles. The van der Waals surface area contributed by atoms with Crippen molar-refractivity contribution in [2.75, 3.05) is 13.1 Å². The van der Waals surface area contributed by atoms with Crippen LogP contribution in [0.2, 0.25) is 0 Å². The molecular weight excluding hydrogens is 150 g/mol. The van der Waals surface area contributed by atoms with Crippen molar-refractivity contribution in [2.45, 2.75) is 38.8 Å². The fraction of sp³-hybridized carbons (Fsp3) is 0.800. The van der Waals surface area contributed by atoms with Crippen molar-refractivity contribution >= 4 is 0 Å². The predicted molar refractivity (Wildman–Crippen MR) is 51.1 cm³/mol. The van der Waals surface area contributed by atoms with Gasteiger partial charge in [-0.05, 0) is 12.8 Å². The van der Waals surface area contributed by atoms with Crippen LogP contribution < -0.4 is 0 Å². The van der Waals surface area contributed by atoms with Crippen LogP contribution in [0, 0.1) is 0 Å². The molecule has 0 saturated carbocycles. The molecule has 0 amide bonds. The summed E-state index contributed by atoms with van der Waals surface area (Å²) in [5, 5.41) is 9.39. The molecule has 0 bridgehead atoms. The molecule has 0 spiro atoms. The minimum absolute atomic E-state index is 0.251. The van der Waals surface area contributed by atoms with Crippen LogP contribution in [0.5, 0.6) is 0 Å². The highest BCUT2D eigenvalue weighted by molar-refractivity contribution is 4.98. The summed E-state index contributed by atoms with van der Waals surface area (Å²) < 4.78 is 0. The van der Waals surface area contributed by atoms with Crippen molar-refractivity contribution in [2.24, 2.45) is 0 Å². The Kier molecular flexibility index (Phi) is 3.76. The Bertz CT molecular complexity index is 152. The molecule has 1 aliphatic heterocycles. The van der Waals surface area contributed by atoms with Gasteiger partial charge in [0.05, 0.1) is 6.10 Å². The molecule has 70 valence electrons. The number of nitrogens with zero attached hydrogens (tertiary/aromatic N) is 1. The zero-order valence-corrected chi connectivity index (χ0v) is 8.03. The first-order valence-corrected chi connectivity index (χ1v) is 4.86. The number of aliphatic hydroxyl groups excluding tert-OH is 1. The molecule has 2 heteroatoms. The molecular formula is C10H19NO. The minimum atomic E-state index is -0.251. The van der Waals surface area contributed by atoms with Crippen LogP contribution >= 0.6 is 0 Å². The van der Waals surface area contributed by atoms with Crippen molar-refractivity contribution in [3.8, 4) is 0 Å². The van der Waals surface area contributed by atoms with Gasteiger partial charge in [-0.25, -0.2) is 0 Å². The summed E-state index contributed by atoms with van der Waals surface area (Å²) in [5.41, 5.74) is 0. The first-order valence-electron chi connectivity index (χ1n) is 4.86. The highest BCUT2D eigenvalue weighted by Gasteiger charge is 2.18. The van der Waals surface area contributed by atoms with Gasteiger partial charge in [-0.1, -0.05) is 26.0 Å². The van der Waals surface area contributed by atoms with Gasteiger partial charge in [0.1, 0.15) is 0 Å². The molecule has 1 unspecified atom stereocenters. The Labute approximate surface area is 74.9 Å². The molecule has 1 rings (SSSR count). The normalized spacial score (nSPS) is 25.2. The summed E-state index contributed by atoms with van der Waals surface area (Å²) >= 11 is 0. The van der Waals surface area contributed by atoms with Crippen LogP contribution in [0.3, 0.4) is 0 Å². The van der Waals surface area contributed by atoms with Crippen molar-refractivity contribution in [1.29, 1.82) is 0 Å². The van der Waals surface area contributed by atoms with E-state index >= 15 is 0 Å². The van der Waals surface area contributed by atoms with Crippen molar-refractivity contribution in [3.63, 3.8) is 0 Å². The molecule has 1 heterocycles. The SMILES string of the molecule is CCC(CC)N1CC=CC(O)C1. The summed E-state index contributed by atoms with van der Waals surface area (Å²) in [6.45, 7) is 6.23. The second-order valence-corrected chi connectivity index (χ2v) is 3.42. The molecule has 0 aromatic heterocycles. The van der Waals surface area contributed by atoms with E-state index in [4.69, 9.17) is 0 Å². The summed E-state index contributed by atoms with van der Waals surface area (Å²) in [4.78, 5) is 2.35. The largest absolute Gasteiger partial charge is 0.388 e. The average molecular weight is 169 g/mol. The van der Waals surface area contributed by atoms with E-state index in [0.717, 1.165) is 13.1 Å². The van der Waals surface area contributed by atoms with Gasteiger partial charge in [-0.3, -0.25) is 4.90 Å². The number of hydrogen-bond acceptors (Lipinski definition) is 2. The average Bonchev–Trinajstić information content (AvgIpc) is 2.07. The van der Waals surface area contributed by atoms with E-state index in [-0.39, 0.29) is 6.10 Å². The van der Waals surface area contributed by atoms with Gasteiger partial charge in [-0.15, -0.1) is 0 Å². The van der Waals surface area contributed by atoms with E-state index in [1.54, 1.807) is 0 Å². The molecule has 1 aliphatic rings. The molecule has 0 saturated heterocycles. The second-order valence-electron chi connectivity index (χ2n) is 3.42. The first-order chi connectivity index (χ1) is 5.77. The highest BCUT2D eigenvalue weighted by Crippen LogP contribution is 2.12. The third-order valence-electron chi connectivity index (χ3n) is 2.58. The van der Waals surface area contributed by atoms with Gasteiger partial charge < -0.3 is 5.11 Å². The van der Waals surface area contributed by atoms with E-state index in [0.29, 0.717) is 6.04 Å². The zero-order valence-electron chi connectivity index (χ0n) is 8.03. The molecule has 2 nitrogen and oxygen atoms in total. The number of aliphatic hydroxyl groups is 1. The van der Waals surface area contributed by atoms with Crippen LogP contribution in [0.25, 0.3) is 0 Å². The fourth-order valence-corrected chi connectivity index (χ4v) is 1.83. The number of hydrogen-bond donors (Lipinski definition) is 1. The van der Waals surface area contributed by atoms with Gasteiger partial charge in [0, 0.05) is 19.1 Å². The number of rotatable bonds is 3. The number of β-amino-alcohol motifs (C(OH)–C–C–N with tert-alkyl or cyclic N) is 1. The molecule has 1 atom stereocenters. The van der Waals surface area contributed by atoms with E-state index in [9.17, 15) is 5.11 Å². The molecule has 0 fully saturated rings. The highest BCUT2D eigenvalue weighted by atomic mass is 16.3. The van der Waals surface area contributed by atoms with Gasteiger partial charge in [0.15, 0.2) is 0 Å². The topological polar surface area (TPSA) is 23.5 Å². The lowest BCUT2D eigenvalue weighted by atomic mass is 10.1. The standard InChI is InChI=1S/C10H19NO/c1-3-9(4-2)11-7-5-6-10(12)8-11/h5-6,9-10,12H,3-4,7-8H2,1-2H3. The third-order valence-corrected chi connectivity index (χ3v) is 2.58. The van der Waals surface area contributed by atoms with E-state index in [1.807, 2.05) is 6.08 Å². The summed E-state index contributed by atoms with van der Waals surface area (Å²) in [6, 6.07) is 0.643. The maximum atomic E-state index is 9.39. The Morgan fingerprint density at radius 3 is 2.67 bits per heavy atom. The lowest BCUT2D eigenvalue weighted by Gasteiger charge is -2.32.